The first-order valence-electron chi connectivity index (χ1n) is 5.13. The number of carbonyl (C=O) groups is 1. The van der Waals surface area contributed by atoms with E-state index in [0.29, 0.717) is 12.1 Å². The molecule has 0 aliphatic rings. The second kappa shape index (κ2) is 4.78. The van der Waals surface area contributed by atoms with Crippen LogP contribution in [0.25, 0.3) is 5.57 Å². The maximum atomic E-state index is 11.5. The molecule has 0 aromatic heterocycles. The molecule has 1 rings (SSSR count). The highest BCUT2D eigenvalue weighted by atomic mass is 16.1. The fourth-order valence-electron chi connectivity index (χ4n) is 1.54. The van der Waals surface area contributed by atoms with Crippen LogP contribution in [0.1, 0.15) is 31.4 Å². The van der Waals surface area contributed by atoms with Crippen LogP contribution in [0.5, 0.6) is 0 Å². The molecule has 2 heteroatoms. The summed E-state index contributed by atoms with van der Waals surface area (Å²) >= 11 is 0. The van der Waals surface area contributed by atoms with Crippen molar-refractivity contribution in [2.75, 3.05) is 0 Å². The third-order valence-electron chi connectivity index (χ3n) is 2.57. The minimum atomic E-state index is 0.00996. The lowest BCUT2D eigenvalue weighted by Gasteiger charge is -2.08. The van der Waals surface area contributed by atoms with Gasteiger partial charge in [-0.05, 0) is 30.5 Å². The summed E-state index contributed by atoms with van der Waals surface area (Å²) in [5.74, 6) is 0.00996. The molecule has 0 radical (unpaired) electrons. The van der Waals surface area contributed by atoms with E-state index in [1.165, 1.54) is 0 Å². The van der Waals surface area contributed by atoms with E-state index in [-0.39, 0.29) is 5.78 Å². The number of Topliss-reactive ketones (excluding diaryl/α,β-unsaturated/α-hetero) is 1. The van der Waals surface area contributed by atoms with Crippen LogP contribution in [-0.4, -0.2) is 5.78 Å². The van der Waals surface area contributed by atoms with Crippen molar-refractivity contribution >= 4 is 11.4 Å². The number of hydrogen-bond acceptors (Lipinski definition) is 2. The quantitative estimate of drug-likeness (QED) is 0.767. The Morgan fingerprint density at radius 1 is 1.33 bits per heavy atom. The van der Waals surface area contributed by atoms with Gasteiger partial charge in [0, 0.05) is 6.42 Å². The summed E-state index contributed by atoms with van der Waals surface area (Å²) in [5.41, 5.74) is 9.25. The lowest BCUT2D eigenvalue weighted by atomic mass is 9.98. The van der Waals surface area contributed by atoms with Gasteiger partial charge in [0.05, 0.1) is 5.70 Å². The van der Waals surface area contributed by atoms with E-state index in [1.54, 1.807) is 0 Å². The minimum Gasteiger partial charge on any atom is -0.396 e. The minimum absolute atomic E-state index is 0.00996. The van der Waals surface area contributed by atoms with Crippen LogP contribution in [0.3, 0.4) is 0 Å². The lowest BCUT2D eigenvalue weighted by Crippen LogP contribution is -2.12. The summed E-state index contributed by atoms with van der Waals surface area (Å²) < 4.78 is 0. The molecule has 1 aromatic carbocycles. The van der Waals surface area contributed by atoms with Gasteiger partial charge in [0.1, 0.15) is 0 Å². The number of allylic oxidation sites excluding steroid dienone is 2. The average Bonchev–Trinajstić information content (AvgIpc) is 2.26. The molecular weight excluding hydrogens is 186 g/mol. The van der Waals surface area contributed by atoms with Crippen LogP contribution >= 0.6 is 0 Å². The van der Waals surface area contributed by atoms with Gasteiger partial charge in [0.2, 0.25) is 0 Å². The number of rotatable bonds is 3. The third kappa shape index (κ3) is 2.46. The summed E-state index contributed by atoms with van der Waals surface area (Å²) in [6.45, 7) is 5.73. The van der Waals surface area contributed by atoms with Crippen LogP contribution in [0, 0.1) is 6.92 Å². The van der Waals surface area contributed by atoms with Gasteiger partial charge in [-0.1, -0.05) is 31.2 Å². The van der Waals surface area contributed by atoms with Crippen LogP contribution in [0.4, 0.5) is 0 Å². The Balaban J connectivity index is 3.19. The van der Waals surface area contributed by atoms with Crippen LogP contribution in [0.15, 0.2) is 30.0 Å². The molecule has 0 aliphatic carbocycles. The van der Waals surface area contributed by atoms with Gasteiger partial charge in [-0.2, -0.15) is 0 Å². The van der Waals surface area contributed by atoms with Crippen molar-refractivity contribution in [3.05, 3.63) is 41.1 Å². The van der Waals surface area contributed by atoms with Crippen molar-refractivity contribution in [2.45, 2.75) is 27.2 Å². The molecule has 80 valence electrons. The first-order chi connectivity index (χ1) is 7.07. The van der Waals surface area contributed by atoms with Crippen molar-refractivity contribution in [3.8, 4) is 0 Å². The summed E-state index contributed by atoms with van der Waals surface area (Å²) in [6, 6.07) is 7.93. The Labute approximate surface area is 90.8 Å². The summed E-state index contributed by atoms with van der Waals surface area (Å²) in [5, 5.41) is 0. The second-order valence-corrected chi connectivity index (χ2v) is 3.63. The summed E-state index contributed by atoms with van der Waals surface area (Å²) in [7, 11) is 0. The highest BCUT2D eigenvalue weighted by Gasteiger charge is 2.09. The normalized spacial score (nSPS) is 12.2. The van der Waals surface area contributed by atoms with Crippen molar-refractivity contribution in [2.24, 2.45) is 5.73 Å². The number of benzene rings is 1. The Bertz CT molecular complexity index is 405. The zero-order chi connectivity index (χ0) is 11.4. The van der Waals surface area contributed by atoms with Gasteiger partial charge in [-0.15, -0.1) is 0 Å². The smallest absolute Gasteiger partial charge is 0.178 e. The van der Waals surface area contributed by atoms with E-state index >= 15 is 0 Å². The van der Waals surface area contributed by atoms with Gasteiger partial charge in [0.15, 0.2) is 5.78 Å². The predicted octanol–water partition coefficient (Wildman–Crippen LogP) is 2.66. The van der Waals surface area contributed by atoms with Crippen molar-refractivity contribution < 1.29 is 4.79 Å². The largest absolute Gasteiger partial charge is 0.396 e. The number of hydrogen-bond donors (Lipinski definition) is 1. The molecule has 0 atom stereocenters. The molecule has 0 aliphatic heterocycles. The van der Waals surface area contributed by atoms with Gasteiger partial charge < -0.3 is 5.73 Å². The maximum absolute atomic E-state index is 11.5. The van der Waals surface area contributed by atoms with E-state index < -0.39 is 0 Å². The molecule has 0 fully saturated rings. The third-order valence-corrected chi connectivity index (χ3v) is 2.57. The molecule has 0 saturated carbocycles. The Morgan fingerprint density at radius 3 is 2.47 bits per heavy atom. The SMILES string of the molecule is CCC(=O)/C(N)=C(/C)c1ccccc1C. The number of ketones is 1. The molecule has 0 heterocycles. The maximum Gasteiger partial charge on any atom is 0.178 e. The van der Waals surface area contributed by atoms with Gasteiger partial charge in [-0.3, -0.25) is 4.79 Å². The summed E-state index contributed by atoms with van der Waals surface area (Å²) in [6.07, 6.45) is 0.453. The van der Waals surface area contributed by atoms with Gasteiger partial charge in [-0.25, -0.2) is 0 Å². The summed E-state index contributed by atoms with van der Waals surface area (Å²) in [4.78, 5) is 11.5. The fourth-order valence-corrected chi connectivity index (χ4v) is 1.54. The van der Waals surface area contributed by atoms with E-state index in [0.717, 1.165) is 16.7 Å². The molecule has 2 N–H and O–H groups in total. The monoisotopic (exact) mass is 203 g/mol. The molecule has 1 aromatic rings. The highest BCUT2D eigenvalue weighted by Crippen LogP contribution is 2.20. The first kappa shape index (κ1) is 11.5. The van der Waals surface area contributed by atoms with Crippen LogP contribution in [-0.2, 0) is 4.79 Å². The van der Waals surface area contributed by atoms with Crippen LogP contribution in [0.2, 0.25) is 0 Å². The van der Waals surface area contributed by atoms with E-state index in [4.69, 9.17) is 5.73 Å². The molecule has 0 unspecified atom stereocenters. The average molecular weight is 203 g/mol. The Kier molecular flexibility index (Phi) is 3.67. The topological polar surface area (TPSA) is 43.1 Å². The zero-order valence-electron chi connectivity index (χ0n) is 9.50. The lowest BCUT2D eigenvalue weighted by molar-refractivity contribution is -0.115. The Hall–Kier alpha value is -1.57. The standard InChI is InChI=1S/C13H17NO/c1-4-12(15)13(14)10(3)11-8-6-5-7-9(11)2/h5-8H,4,14H2,1-3H3/b13-10+. The van der Waals surface area contributed by atoms with Crippen molar-refractivity contribution in [3.63, 3.8) is 0 Å². The molecule has 2 nitrogen and oxygen atoms in total. The van der Waals surface area contributed by atoms with Gasteiger partial charge in [0.25, 0.3) is 0 Å². The number of aryl methyl sites for hydroxylation is 1. The van der Waals surface area contributed by atoms with E-state index in [1.807, 2.05) is 45.0 Å². The molecule has 15 heavy (non-hydrogen) atoms. The Morgan fingerprint density at radius 2 is 1.93 bits per heavy atom. The zero-order valence-corrected chi connectivity index (χ0v) is 9.50. The molecule has 0 amide bonds. The first-order valence-corrected chi connectivity index (χ1v) is 5.13. The number of nitrogens with two attached hydrogens (primary N) is 1. The van der Waals surface area contributed by atoms with Crippen molar-refractivity contribution in [1.29, 1.82) is 0 Å². The molecule has 0 bridgehead atoms. The molecule has 0 spiro atoms. The van der Waals surface area contributed by atoms with Gasteiger partial charge >= 0.3 is 0 Å². The van der Waals surface area contributed by atoms with E-state index in [2.05, 4.69) is 0 Å². The molecule has 0 saturated heterocycles. The molecular formula is C13H17NO. The predicted molar refractivity (Wildman–Crippen MR) is 63.3 cm³/mol. The van der Waals surface area contributed by atoms with Crippen molar-refractivity contribution in [1.82, 2.24) is 0 Å². The highest BCUT2D eigenvalue weighted by molar-refractivity contribution is 6.01. The second-order valence-electron chi connectivity index (χ2n) is 3.63. The van der Waals surface area contributed by atoms with Crippen LogP contribution < -0.4 is 5.73 Å². The van der Waals surface area contributed by atoms with E-state index in [9.17, 15) is 4.79 Å². The fraction of sp³-hybridized carbons (Fsp3) is 0.308. The number of carbonyl (C=O) groups excluding carboxylic acids is 1.